The van der Waals surface area contributed by atoms with Gasteiger partial charge in [0.15, 0.2) is 0 Å². The number of benzene rings is 1. The summed E-state index contributed by atoms with van der Waals surface area (Å²) in [5.74, 6) is -0.754. The highest BCUT2D eigenvalue weighted by Gasteiger charge is 2.35. The van der Waals surface area contributed by atoms with Crippen LogP contribution < -0.4 is 11.5 Å². The minimum atomic E-state index is -0.628. The van der Waals surface area contributed by atoms with E-state index in [2.05, 4.69) is 0 Å². The van der Waals surface area contributed by atoms with Crippen LogP contribution in [0.4, 0.5) is 0 Å². The summed E-state index contributed by atoms with van der Waals surface area (Å²) in [6.45, 7) is 3.97. The third kappa shape index (κ3) is 2.75. The molecule has 21 heavy (non-hydrogen) atoms. The van der Waals surface area contributed by atoms with Crippen molar-refractivity contribution in [3.05, 3.63) is 53.1 Å². The number of amides is 2. The SMILES string of the molecule is CCC1(C(N)=O)C=CC(C)=C(c2ccc(C(N)=O)cc2)C1. The molecular formula is C17H20N2O2. The summed E-state index contributed by atoms with van der Waals surface area (Å²) in [6.07, 6.45) is 5.10. The molecule has 1 aromatic carbocycles. The molecule has 4 N–H and O–H groups in total. The lowest BCUT2D eigenvalue weighted by Crippen LogP contribution is -2.36. The third-order valence-electron chi connectivity index (χ3n) is 4.26. The van der Waals surface area contributed by atoms with Crippen molar-refractivity contribution in [1.29, 1.82) is 0 Å². The van der Waals surface area contributed by atoms with Gasteiger partial charge in [-0.05, 0) is 48.6 Å². The van der Waals surface area contributed by atoms with Crippen molar-refractivity contribution >= 4 is 17.4 Å². The van der Waals surface area contributed by atoms with Gasteiger partial charge in [0.2, 0.25) is 11.8 Å². The standard InChI is InChI=1S/C17H20N2O2/c1-3-17(16(19)21)9-8-11(2)14(10-17)12-4-6-13(7-5-12)15(18)20/h4-9H,3,10H2,1-2H3,(H2,18,20)(H2,19,21). The first kappa shape index (κ1) is 15.0. The van der Waals surface area contributed by atoms with E-state index >= 15 is 0 Å². The van der Waals surface area contributed by atoms with Crippen molar-refractivity contribution < 1.29 is 9.59 Å². The molecule has 1 unspecified atom stereocenters. The zero-order valence-corrected chi connectivity index (χ0v) is 12.3. The molecule has 1 aromatic rings. The molecule has 0 aliphatic heterocycles. The average molecular weight is 284 g/mol. The molecule has 0 aromatic heterocycles. The number of nitrogens with two attached hydrogens (primary N) is 2. The summed E-state index contributed by atoms with van der Waals surface area (Å²) in [7, 11) is 0. The van der Waals surface area contributed by atoms with Gasteiger partial charge in [0.25, 0.3) is 0 Å². The van der Waals surface area contributed by atoms with E-state index in [0.29, 0.717) is 18.4 Å². The lowest BCUT2D eigenvalue weighted by molar-refractivity contribution is -0.125. The van der Waals surface area contributed by atoms with Gasteiger partial charge in [-0.25, -0.2) is 0 Å². The number of hydrogen-bond acceptors (Lipinski definition) is 2. The maximum Gasteiger partial charge on any atom is 0.248 e. The first-order valence-corrected chi connectivity index (χ1v) is 6.99. The molecule has 4 nitrogen and oxygen atoms in total. The van der Waals surface area contributed by atoms with Crippen molar-refractivity contribution in [1.82, 2.24) is 0 Å². The molecule has 2 amide bonds. The summed E-state index contributed by atoms with van der Waals surface area (Å²) in [5.41, 5.74) is 13.9. The van der Waals surface area contributed by atoms with Gasteiger partial charge < -0.3 is 11.5 Å². The van der Waals surface area contributed by atoms with Crippen molar-refractivity contribution in [3.63, 3.8) is 0 Å². The van der Waals surface area contributed by atoms with Gasteiger partial charge in [-0.15, -0.1) is 0 Å². The predicted molar refractivity (Wildman–Crippen MR) is 83.2 cm³/mol. The second kappa shape index (κ2) is 5.56. The second-order valence-corrected chi connectivity index (χ2v) is 5.49. The fourth-order valence-electron chi connectivity index (χ4n) is 2.65. The second-order valence-electron chi connectivity index (χ2n) is 5.49. The summed E-state index contributed by atoms with van der Waals surface area (Å²) < 4.78 is 0. The van der Waals surface area contributed by atoms with Crippen LogP contribution in [0.15, 0.2) is 42.0 Å². The topological polar surface area (TPSA) is 86.2 Å². The van der Waals surface area contributed by atoms with Crippen LogP contribution in [0.1, 0.15) is 42.6 Å². The molecule has 1 aliphatic rings. The van der Waals surface area contributed by atoms with Gasteiger partial charge in [-0.1, -0.05) is 31.2 Å². The number of allylic oxidation sites excluding steroid dienone is 3. The average Bonchev–Trinajstić information content (AvgIpc) is 2.48. The van der Waals surface area contributed by atoms with Crippen LogP contribution >= 0.6 is 0 Å². The zero-order chi connectivity index (χ0) is 15.6. The molecule has 110 valence electrons. The van der Waals surface area contributed by atoms with Crippen molar-refractivity contribution in [2.75, 3.05) is 0 Å². The predicted octanol–water partition coefficient (Wildman–Crippen LogP) is 2.40. The Balaban J connectivity index is 2.40. The molecule has 1 aliphatic carbocycles. The van der Waals surface area contributed by atoms with E-state index in [4.69, 9.17) is 11.5 Å². The summed E-state index contributed by atoms with van der Waals surface area (Å²) >= 11 is 0. The van der Waals surface area contributed by atoms with Crippen LogP contribution in [-0.2, 0) is 4.79 Å². The van der Waals surface area contributed by atoms with E-state index in [1.54, 1.807) is 12.1 Å². The zero-order valence-electron chi connectivity index (χ0n) is 12.3. The Kier molecular flexibility index (Phi) is 3.98. The molecule has 0 heterocycles. The van der Waals surface area contributed by atoms with E-state index in [-0.39, 0.29) is 5.91 Å². The van der Waals surface area contributed by atoms with Crippen LogP contribution in [0, 0.1) is 5.41 Å². The van der Waals surface area contributed by atoms with Crippen molar-refractivity contribution in [2.24, 2.45) is 16.9 Å². The van der Waals surface area contributed by atoms with Gasteiger partial charge in [0.1, 0.15) is 0 Å². The van der Waals surface area contributed by atoms with Crippen molar-refractivity contribution in [2.45, 2.75) is 26.7 Å². The van der Waals surface area contributed by atoms with E-state index < -0.39 is 11.3 Å². The Morgan fingerprint density at radius 1 is 1.19 bits per heavy atom. The molecule has 4 heteroatoms. The summed E-state index contributed by atoms with van der Waals surface area (Å²) in [6, 6.07) is 7.13. The Bertz CT molecular complexity index is 641. The Morgan fingerprint density at radius 2 is 1.81 bits per heavy atom. The first-order chi connectivity index (χ1) is 9.89. The number of carbonyl (C=O) groups is 2. The normalized spacial score (nSPS) is 21.4. The van der Waals surface area contributed by atoms with Gasteiger partial charge >= 0.3 is 0 Å². The highest BCUT2D eigenvalue weighted by atomic mass is 16.1. The van der Waals surface area contributed by atoms with E-state index in [1.807, 2.05) is 38.1 Å². The molecule has 0 saturated carbocycles. The van der Waals surface area contributed by atoms with Crippen LogP contribution in [0.3, 0.4) is 0 Å². The van der Waals surface area contributed by atoms with Gasteiger partial charge in [0, 0.05) is 5.56 Å². The molecule has 0 bridgehead atoms. The van der Waals surface area contributed by atoms with Crippen LogP contribution in [0.25, 0.3) is 5.57 Å². The minimum absolute atomic E-state index is 0.306. The quantitative estimate of drug-likeness (QED) is 0.889. The summed E-state index contributed by atoms with van der Waals surface area (Å²) in [4.78, 5) is 23.0. The highest BCUT2D eigenvalue weighted by molar-refractivity contribution is 5.93. The van der Waals surface area contributed by atoms with Crippen molar-refractivity contribution in [3.8, 4) is 0 Å². The van der Waals surface area contributed by atoms with Gasteiger partial charge in [-0.3, -0.25) is 9.59 Å². The fourth-order valence-corrected chi connectivity index (χ4v) is 2.65. The molecule has 0 spiro atoms. The van der Waals surface area contributed by atoms with Gasteiger partial charge in [-0.2, -0.15) is 0 Å². The molecule has 1 atom stereocenters. The minimum Gasteiger partial charge on any atom is -0.369 e. The van der Waals surface area contributed by atoms with E-state index in [1.165, 1.54) is 0 Å². The number of primary amides is 2. The molecule has 2 rings (SSSR count). The highest BCUT2D eigenvalue weighted by Crippen LogP contribution is 2.41. The fraction of sp³-hybridized carbons (Fsp3) is 0.294. The smallest absolute Gasteiger partial charge is 0.248 e. The molecule has 0 saturated heterocycles. The molecular weight excluding hydrogens is 264 g/mol. The first-order valence-electron chi connectivity index (χ1n) is 6.99. The maximum atomic E-state index is 11.8. The lowest BCUT2D eigenvalue weighted by atomic mass is 9.72. The molecule has 0 fully saturated rings. The van der Waals surface area contributed by atoms with Crippen LogP contribution in [0.2, 0.25) is 0 Å². The monoisotopic (exact) mass is 284 g/mol. The maximum absolute atomic E-state index is 11.8. The molecule has 0 radical (unpaired) electrons. The van der Waals surface area contributed by atoms with E-state index in [0.717, 1.165) is 16.7 Å². The third-order valence-corrected chi connectivity index (χ3v) is 4.26. The number of carbonyl (C=O) groups excluding carboxylic acids is 2. The van der Waals surface area contributed by atoms with Gasteiger partial charge in [0.05, 0.1) is 5.41 Å². The summed E-state index contributed by atoms with van der Waals surface area (Å²) in [5, 5.41) is 0. The van der Waals surface area contributed by atoms with Crippen LogP contribution in [-0.4, -0.2) is 11.8 Å². The van der Waals surface area contributed by atoms with E-state index in [9.17, 15) is 9.59 Å². The lowest BCUT2D eigenvalue weighted by Gasteiger charge is -2.31. The Labute approximate surface area is 124 Å². The van der Waals surface area contributed by atoms with Crippen LogP contribution in [0.5, 0.6) is 0 Å². The number of rotatable bonds is 4. The largest absolute Gasteiger partial charge is 0.369 e. The number of hydrogen-bond donors (Lipinski definition) is 2. The Hall–Kier alpha value is -2.36. The Morgan fingerprint density at radius 3 is 2.29 bits per heavy atom.